The molecule has 1 aromatic heterocycles. The fourth-order valence-electron chi connectivity index (χ4n) is 3.01. The first-order valence-electron chi connectivity index (χ1n) is 7.70. The number of aliphatic imine (C=N–C) groups is 1. The van der Waals surface area contributed by atoms with Crippen LogP contribution >= 0.6 is 11.3 Å². The molecule has 3 heterocycles. The minimum atomic E-state index is 0. The number of hydrogen-bond donors (Lipinski definition) is 1. The van der Waals surface area contributed by atoms with Crippen molar-refractivity contribution in [2.24, 2.45) is 4.99 Å². The summed E-state index contributed by atoms with van der Waals surface area (Å²) in [6.45, 7) is 6.41. The molecule has 0 bridgehead atoms. The van der Waals surface area contributed by atoms with Gasteiger partial charge in [0.1, 0.15) is 10.8 Å². The molecule has 116 valence electrons. The number of para-hydroxylation sites is 2. The van der Waals surface area contributed by atoms with Crippen molar-refractivity contribution < 1.29 is 31.0 Å². The molecule has 2 aromatic rings. The molecule has 0 saturated carbocycles. The fraction of sp³-hybridized carbons (Fsp3) is 0.353. The molecule has 0 atom stereocenters. The van der Waals surface area contributed by atoms with E-state index in [1.807, 2.05) is 0 Å². The summed E-state index contributed by atoms with van der Waals surface area (Å²) >= 11 is 1.81. The Morgan fingerprint density at radius 2 is 1.91 bits per heavy atom. The average Bonchev–Trinajstić information content (AvgIpc) is 2.80. The maximum absolute atomic E-state index is 5.01. The van der Waals surface area contributed by atoms with Crippen molar-refractivity contribution in [2.75, 3.05) is 38.5 Å². The quantitative estimate of drug-likeness (QED) is 0.713. The van der Waals surface area contributed by atoms with Crippen LogP contribution < -0.4 is 34.9 Å². The van der Waals surface area contributed by atoms with Crippen LogP contribution in [0.4, 0.5) is 16.4 Å². The Balaban J connectivity index is 0.00000104. The van der Waals surface area contributed by atoms with E-state index in [1.165, 1.54) is 15.4 Å². The van der Waals surface area contributed by atoms with Crippen molar-refractivity contribution in [1.82, 2.24) is 9.80 Å². The molecule has 0 radical (unpaired) electrons. The topological polar surface area (TPSA) is 30.9 Å². The predicted molar refractivity (Wildman–Crippen MR) is 95.2 cm³/mol. The molecule has 1 N–H and O–H groups in total. The number of anilines is 2. The standard InChI is InChI=1S/C17H20N4S.Na.H/c1-12-11-13-16(21-9-7-20(2)8-10-21)18-14-5-3-4-6-15(14)19-17(13)22-12;;/h3-6,11,19H,7-10H2,1-2H3;;/q;+1;-1. The smallest absolute Gasteiger partial charge is 1.00 e. The molecule has 1 saturated heterocycles. The van der Waals surface area contributed by atoms with Crippen LogP contribution in [0.5, 0.6) is 0 Å². The Morgan fingerprint density at radius 3 is 2.70 bits per heavy atom. The van der Waals surface area contributed by atoms with E-state index in [9.17, 15) is 0 Å². The van der Waals surface area contributed by atoms with Gasteiger partial charge in [-0.15, -0.1) is 11.3 Å². The summed E-state index contributed by atoms with van der Waals surface area (Å²) in [6.07, 6.45) is 0. The number of aryl methyl sites for hydroxylation is 1. The summed E-state index contributed by atoms with van der Waals surface area (Å²) in [7, 11) is 2.18. The van der Waals surface area contributed by atoms with Gasteiger partial charge in [0, 0.05) is 31.1 Å². The van der Waals surface area contributed by atoms with E-state index in [2.05, 4.69) is 59.4 Å². The van der Waals surface area contributed by atoms with Gasteiger partial charge >= 0.3 is 29.6 Å². The molecule has 0 unspecified atom stereocenters. The van der Waals surface area contributed by atoms with Crippen LogP contribution in [0.2, 0.25) is 0 Å². The zero-order valence-electron chi connectivity index (χ0n) is 15.0. The van der Waals surface area contributed by atoms with Crippen LogP contribution in [-0.2, 0) is 0 Å². The van der Waals surface area contributed by atoms with Gasteiger partial charge in [-0.25, -0.2) is 4.99 Å². The van der Waals surface area contributed by atoms with Gasteiger partial charge in [-0.1, -0.05) is 12.1 Å². The zero-order chi connectivity index (χ0) is 15.1. The van der Waals surface area contributed by atoms with E-state index in [1.54, 1.807) is 11.3 Å². The molecule has 1 aromatic carbocycles. The summed E-state index contributed by atoms with van der Waals surface area (Å²) in [5.74, 6) is 1.12. The van der Waals surface area contributed by atoms with Crippen molar-refractivity contribution in [3.63, 3.8) is 0 Å². The second kappa shape index (κ2) is 6.95. The number of hydrogen-bond acceptors (Lipinski definition) is 5. The molecule has 6 heteroatoms. The normalized spacial score (nSPS) is 17.3. The van der Waals surface area contributed by atoms with E-state index >= 15 is 0 Å². The van der Waals surface area contributed by atoms with Gasteiger partial charge in [0.05, 0.1) is 16.9 Å². The number of thiophene rings is 1. The van der Waals surface area contributed by atoms with Gasteiger partial charge in [-0.3, -0.25) is 0 Å². The van der Waals surface area contributed by atoms with Gasteiger partial charge < -0.3 is 16.5 Å². The molecule has 23 heavy (non-hydrogen) atoms. The summed E-state index contributed by atoms with van der Waals surface area (Å²) < 4.78 is 0. The van der Waals surface area contributed by atoms with Crippen LogP contribution in [0, 0.1) is 6.92 Å². The summed E-state index contributed by atoms with van der Waals surface area (Å²) in [5, 5.41) is 4.78. The van der Waals surface area contributed by atoms with Gasteiger partial charge in [0.15, 0.2) is 0 Å². The molecular weight excluding hydrogens is 315 g/mol. The minimum absolute atomic E-state index is 0. The number of amidine groups is 1. The van der Waals surface area contributed by atoms with Crippen molar-refractivity contribution in [3.05, 3.63) is 40.8 Å². The second-order valence-electron chi connectivity index (χ2n) is 5.97. The second-order valence-corrected chi connectivity index (χ2v) is 7.22. The Morgan fingerprint density at radius 1 is 1.17 bits per heavy atom. The maximum Gasteiger partial charge on any atom is 1.00 e. The van der Waals surface area contributed by atoms with Gasteiger partial charge in [0.25, 0.3) is 0 Å². The van der Waals surface area contributed by atoms with Crippen LogP contribution in [0.1, 0.15) is 11.9 Å². The Bertz CT molecular complexity index is 738. The van der Waals surface area contributed by atoms with Crippen molar-refractivity contribution in [3.8, 4) is 0 Å². The number of likely N-dealkylation sites (N-methyl/N-ethyl adjacent to an activating group) is 1. The molecule has 0 amide bonds. The maximum atomic E-state index is 5.01. The first kappa shape index (κ1) is 17.0. The van der Waals surface area contributed by atoms with Gasteiger partial charge in [0.2, 0.25) is 0 Å². The first-order valence-corrected chi connectivity index (χ1v) is 8.51. The van der Waals surface area contributed by atoms with E-state index < -0.39 is 0 Å². The largest absolute Gasteiger partial charge is 1.00 e. The molecule has 2 aliphatic rings. The first-order chi connectivity index (χ1) is 10.7. The van der Waals surface area contributed by atoms with Crippen molar-refractivity contribution >= 4 is 33.5 Å². The van der Waals surface area contributed by atoms with E-state index in [-0.39, 0.29) is 31.0 Å². The molecule has 1 fully saturated rings. The van der Waals surface area contributed by atoms with Gasteiger partial charge in [-0.2, -0.15) is 0 Å². The third-order valence-corrected chi connectivity index (χ3v) is 5.24. The monoisotopic (exact) mass is 336 g/mol. The third-order valence-electron chi connectivity index (χ3n) is 4.28. The number of nitrogens with zero attached hydrogens (tertiary/aromatic N) is 3. The van der Waals surface area contributed by atoms with Crippen LogP contribution in [0.3, 0.4) is 0 Å². The van der Waals surface area contributed by atoms with Gasteiger partial charge in [-0.05, 0) is 32.2 Å². The molecule has 2 aliphatic heterocycles. The minimum Gasteiger partial charge on any atom is -1.00 e. The number of benzene rings is 1. The van der Waals surface area contributed by atoms with E-state index in [0.29, 0.717) is 0 Å². The van der Waals surface area contributed by atoms with Crippen LogP contribution in [-0.4, -0.2) is 48.9 Å². The summed E-state index contributed by atoms with van der Waals surface area (Å²) in [6, 6.07) is 10.6. The third kappa shape index (κ3) is 3.35. The Labute approximate surface area is 165 Å². The average molecular weight is 336 g/mol. The number of rotatable bonds is 0. The van der Waals surface area contributed by atoms with Crippen molar-refractivity contribution in [2.45, 2.75) is 6.92 Å². The number of nitrogens with one attached hydrogen (secondary N) is 1. The predicted octanol–water partition coefficient (Wildman–Crippen LogP) is 0.556. The fourth-order valence-corrected chi connectivity index (χ4v) is 3.93. The number of piperazine rings is 1. The van der Waals surface area contributed by atoms with Crippen molar-refractivity contribution in [1.29, 1.82) is 0 Å². The zero-order valence-corrected chi connectivity index (χ0v) is 16.8. The Kier molecular flexibility index (Phi) is 5.13. The van der Waals surface area contributed by atoms with E-state index in [4.69, 9.17) is 4.99 Å². The molecular formula is C17H21N4NaS. The SMILES string of the molecule is Cc1cc2c(s1)Nc1ccccc1N=C2N1CCN(C)CC1.[H-].[Na+]. The Hall–Kier alpha value is -0.850. The summed E-state index contributed by atoms with van der Waals surface area (Å²) in [4.78, 5) is 11.1. The van der Waals surface area contributed by atoms with Crippen LogP contribution in [0.25, 0.3) is 0 Å². The number of fused-ring (bicyclic) bond motifs is 2. The molecule has 4 rings (SSSR count). The molecule has 0 spiro atoms. The molecule has 0 aliphatic carbocycles. The van der Waals surface area contributed by atoms with Crippen LogP contribution in [0.15, 0.2) is 35.3 Å². The van der Waals surface area contributed by atoms with E-state index in [0.717, 1.165) is 43.4 Å². The summed E-state index contributed by atoms with van der Waals surface area (Å²) in [5.41, 5.74) is 3.36. The molecule has 4 nitrogen and oxygen atoms in total.